The fourth-order valence-corrected chi connectivity index (χ4v) is 4.13. The van der Waals surface area contributed by atoms with Gasteiger partial charge in [0.05, 0.1) is 21.3 Å². The predicted molar refractivity (Wildman–Crippen MR) is 123 cm³/mol. The van der Waals surface area contributed by atoms with Gasteiger partial charge in [0.15, 0.2) is 11.5 Å². The number of ether oxygens (including phenoxy) is 3. The Morgan fingerprint density at radius 2 is 1.73 bits per heavy atom. The third kappa shape index (κ3) is 6.54. The highest BCUT2D eigenvalue weighted by Gasteiger charge is 2.24. The molecule has 172 valence electrons. The second kappa shape index (κ2) is 13.1. The molecule has 0 aliphatic carbocycles. The second-order valence-corrected chi connectivity index (χ2v) is 7.55. The summed E-state index contributed by atoms with van der Waals surface area (Å²) in [4.78, 5) is 16.9. The Kier molecular flexibility index (Phi) is 11.6. The van der Waals surface area contributed by atoms with E-state index in [9.17, 15) is 4.79 Å². The summed E-state index contributed by atoms with van der Waals surface area (Å²) in [5.74, 6) is 2.97. The third-order valence-corrected chi connectivity index (χ3v) is 5.83. The number of hydrogen-bond donors (Lipinski definition) is 1. The largest absolute Gasteiger partial charge is 0.493 e. The van der Waals surface area contributed by atoms with Crippen molar-refractivity contribution in [2.75, 3.05) is 60.6 Å². The van der Waals surface area contributed by atoms with Crippen LogP contribution >= 0.6 is 24.8 Å². The van der Waals surface area contributed by atoms with Gasteiger partial charge in [-0.15, -0.1) is 24.8 Å². The van der Waals surface area contributed by atoms with E-state index in [1.807, 2.05) is 17.0 Å². The molecule has 2 aliphatic heterocycles. The summed E-state index contributed by atoms with van der Waals surface area (Å²) in [7, 11) is 4.89. The zero-order valence-electron chi connectivity index (χ0n) is 18.1. The normalized spacial score (nSPS) is 18.9. The van der Waals surface area contributed by atoms with Crippen molar-refractivity contribution in [1.82, 2.24) is 15.1 Å². The van der Waals surface area contributed by atoms with E-state index < -0.39 is 0 Å². The molecule has 0 spiro atoms. The minimum absolute atomic E-state index is 0. The number of carbonyl (C=O) groups is 1. The van der Waals surface area contributed by atoms with Crippen LogP contribution < -0.4 is 19.5 Å². The highest BCUT2D eigenvalue weighted by molar-refractivity contribution is 5.85. The number of amides is 1. The lowest BCUT2D eigenvalue weighted by Gasteiger charge is -2.35. The van der Waals surface area contributed by atoms with Gasteiger partial charge in [-0.1, -0.05) is 6.07 Å². The van der Waals surface area contributed by atoms with E-state index in [0.717, 1.165) is 57.8 Å². The number of carbonyl (C=O) groups excluding carboxylic acids is 1. The molecule has 2 heterocycles. The first kappa shape index (κ1) is 26.6. The second-order valence-electron chi connectivity index (χ2n) is 7.55. The van der Waals surface area contributed by atoms with E-state index in [-0.39, 0.29) is 24.8 Å². The molecule has 1 N–H and O–H groups in total. The SMILES string of the molecule is COc1ccc(CN2CCN(C(=O)CCC3CCNC3)CC2)c(OC)c1OC.Cl.Cl. The summed E-state index contributed by atoms with van der Waals surface area (Å²) in [6, 6.07) is 3.93. The maximum absolute atomic E-state index is 12.5. The standard InChI is InChI=1S/C21H33N3O4.2ClH/c1-26-18-6-5-17(20(27-2)21(18)28-3)15-23-10-12-24(13-11-23)19(25)7-4-16-8-9-22-14-16;;/h5-6,16,22H,4,7-15H2,1-3H3;2*1H. The smallest absolute Gasteiger partial charge is 0.222 e. The van der Waals surface area contributed by atoms with Crippen molar-refractivity contribution in [2.45, 2.75) is 25.8 Å². The first-order chi connectivity index (χ1) is 13.7. The van der Waals surface area contributed by atoms with Crippen LogP contribution in [-0.4, -0.2) is 76.3 Å². The van der Waals surface area contributed by atoms with E-state index in [4.69, 9.17) is 14.2 Å². The van der Waals surface area contributed by atoms with Gasteiger partial charge in [-0.2, -0.15) is 0 Å². The van der Waals surface area contributed by atoms with Gasteiger partial charge >= 0.3 is 0 Å². The summed E-state index contributed by atoms with van der Waals surface area (Å²) in [6.45, 7) is 6.24. The molecule has 7 nitrogen and oxygen atoms in total. The van der Waals surface area contributed by atoms with E-state index in [1.54, 1.807) is 21.3 Å². The first-order valence-electron chi connectivity index (χ1n) is 10.1. The number of hydrogen-bond acceptors (Lipinski definition) is 6. The van der Waals surface area contributed by atoms with Crippen LogP contribution in [0.25, 0.3) is 0 Å². The zero-order chi connectivity index (χ0) is 19.9. The van der Waals surface area contributed by atoms with Crippen molar-refractivity contribution in [2.24, 2.45) is 5.92 Å². The number of nitrogens with one attached hydrogen (secondary N) is 1. The molecule has 0 bridgehead atoms. The van der Waals surface area contributed by atoms with Gasteiger partial charge in [-0.3, -0.25) is 9.69 Å². The predicted octanol–water partition coefficient (Wildman–Crippen LogP) is 2.59. The lowest BCUT2D eigenvalue weighted by Crippen LogP contribution is -2.48. The quantitative estimate of drug-likeness (QED) is 0.638. The Morgan fingerprint density at radius 1 is 1.03 bits per heavy atom. The Labute approximate surface area is 192 Å². The summed E-state index contributed by atoms with van der Waals surface area (Å²) in [5.41, 5.74) is 1.06. The van der Waals surface area contributed by atoms with E-state index >= 15 is 0 Å². The Balaban J connectivity index is 0.00000225. The van der Waals surface area contributed by atoms with E-state index in [0.29, 0.717) is 35.5 Å². The van der Waals surface area contributed by atoms with Crippen LogP contribution in [0.4, 0.5) is 0 Å². The Morgan fingerprint density at radius 3 is 2.30 bits per heavy atom. The number of methoxy groups -OCH3 is 3. The molecule has 1 unspecified atom stereocenters. The van der Waals surface area contributed by atoms with Gasteiger partial charge in [-0.05, 0) is 37.9 Å². The molecule has 1 atom stereocenters. The molecule has 0 aromatic heterocycles. The molecule has 30 heavy (non-hydrogen) atoms. The van der Waals surface area contributed by atoms with Crippen LogP contribution in [0, 0.1) is 5.92 Å². The molecule has 1 aromatic rings. The molecule has 1 amide bonds. The zero-order valence-corrected chi connectivity index (χ0v) is 19.8. The monoisotopic (exact) mass is 463 g/mol. The molecular formula is C21H35Cl2N3O4. The fraction of sp³-hybridized carbons (Fsp3) is 0.667. The Bertz CT molecular complexity index is 664. The Hall–Kier alpha value is -1.41. The van der Waals surface area contributed by atoms with Crippen LogP contribution in [-0.2, 0) is 11.3 Å². The minimum atomic E-state index is 0. The van der Waals surface area contributed by atoms with E-state index in [1.165, 1.54) is 6.42 Å². The molecule has 1 aromatic carbocycles. The average Bonchev–Trinajstić information content (AvgIpc) is 3.25. The van der Waals surface area contributed by atoms with Gasteiger partial charge in [0.25, 0.3) is 0 Å². The number of benzene rings is 1. The average molecular weight is 464 g/mol. The molecule has 9 heteroatoms. The number of halogens is 2. The molecule has 0 radical (unpaired) electrons. The van der Waals surface area contributed by atoms with Crippen LogP contribution in [0.15, 0.2) is 12.1 Å². The van der Waals surface area contributed by atoms with Crippen LogP contribution in [0.3, 0.4) is 0 Å². The van der Waals surface area contributed by atoms with E-state index in [2.05, 4.69) is 10.2 Å². The third-order valence-electron chi connectivity index (χ3n) is 5.83. The van der Waals surface area contributed by atoms with Crippen molar-refractivity contribution in [3.05, 3.63) is 17.7 Å². The maximum Gasteiger partial charge on any atom is 0.222 e. The van der Waals surface area contributed by atoms with Crippen LogP contribution in [0.5, 0.6) is 17.2 Å². The number of nitrogens with zero attached hydrogens (tertiary/aromatic N) is 2. The summed E-state index contributed by atoms with van der Waals surface area (Å²) < 4.78 is 16.4. The minimum Gasteiger partial charge on any atom is -0.493 e. The van der Waals surface area contributed by atoms with Gasteiger partial charge in [0.1, 0.15) is 0 Å². The van der Waals surface area contributed by atoms with Crippen LogP contribution in [0.2, 0.25) is 0 Å². The van der Waals surface area contributed by atoms with Gasteiger partial charge in [0.2, 0.25) is 11.7 Å². The molecule has 0 saturated carbocycles. The molecule has 2 saturated heterocycles. The number of piperazine rings is 1. The van der Waals surface area contributed by atoms with Gasteiger partial charge in [-0.25, -0.2) is 0 Å². The summed E-state index contributed by atoms with van der Waals surface area (Å²) >= 11 is 0. The lowest BCUT2D eigenvalue weighted by molar-refractivity contribution is -0.133. The highest BCUT2D eigenvalue weighted by atomic mass is 35.5. The van der Waals surface area contributed by atoms with Crippen molar-refractivity contribution in [1.29, 1.82) is 0 Å². The number of rotatable bonds is 8. The summed E-state index contributed by atoms with van der Waals surface area (Å²) in [5, 5.41) is 3.37. The van der Waals surface area contributed by atoms with Gasteiger partial charge < -0.3 is 24.4 Å². The molecule has 3 rings (SSSR count). The van der Waals surface area contributed by atoms with Crippen molar-refractivity contribution < 1.29 is 19.0 Å². The maximum atomic E-state index is 12.5. The lowest BCUT2D eigenvalue weighted by atomic mass is 10.0. The van der Waals surface area contributed by atoms with Crippen molar-refractivity contribution >= 4 is 30.7 Å². The fourth-order valence-electron chi connectivity index (χ4n) is 4.13. The van der Waals surface area contributed by atoms with Gasteiger partial charge in [0, 0.05) is 44.7 Å². The first-order valence-corrected chi connectivity index (χ1v) is 10.1. The highest BCUT2D eigenvalue weighted by Crippen LogP contribution is 2.40. The molecule has 2 aliphatic rings. The molecular weight excluding hydrogens is 429 g/mol. The topological polar surface area (TPSA) is 63.3 Å². The molecule has 2 fully saturated rings. The van der Waals surface area contributed by atoms with Crippen LogP contribution in [0.1, 0.15) is 24.8 Å². The van der Waals surface area contributed by atoms with Crippen molar-refractivity contribution in [3.63, 3.8) is 0 Å². The van der Waals surface area contributed by atoms with Crippen molar-refractivity contribution in [3.8, 4) is 17.2 Å². The summed E-state index contributed by atoms with van der Waals surface area (Å²) in [6.07, 6.45) is 2.89.